The predicted molar refractivity (Wildman–Crippen MR) is 105 cm³/mol. The number of nitrogens with two attached hydrogens (primary N) is 1. The Morgan fingerprint density at radius 1 is 1.00 bits per heavy atom. The minimum atomic E-state index is -1.21. The zero-order chi connectivity index (χ0) is 20.0. The highest BCUT2D eigenvalue weighted by atomic mass is 35.5. The van der Waals surface area contributed by atoms with Gasteiger partial charge < -0.3 is 15.0 Å². The van der Waals surface area contributed by atoms with Crippen molar-refractivity contribution in [3.63, 3.8) is 0 Å². The molecule has 0 aromatic heterocycles. The molecule has 2 aromatic carbocycles. The quantitative estimate of drug-likeness (QED) is 0.561. The Balaban J connectivity index is 2.19. The summed E-state index contributed by atoms with van der Waals surface area (Å²) in [6, 6.07) is 10.3. The van der Waals surface area contributed by atoms with Crippen LogP contribution in [0.1, 0.15) is 38.8 Å². The molecule has 0 spiro atoms. The highest BCUT2D eigenvalue weighted by Gasteiger charge is 2.53. The highest BCUT2D eigenvalue weighted by Crippen LogP contribution is 2.42. The van der Waals surface area contributed by atoms with Gasteiger partial charge in [0.25, 0.3) is 0 Å². The zero-order valence-corrected chi connectivity index (χ0v) is 16.4. The van der Waals surface area contributed by atoms with E-state index in [1.165, 1.54) is 24.3 Å². The second kappa shape index (κ2) is 6.93. The first-order chi connectivity index (χ1) is 12.5. The van der Waals surface area contributed by atoms with Crippen molar-refractivity contribution in [2.75, 3.05) is 5.73 Å². The molecular formula is C20H21BClF2NO2. The molecule has 2 N–H and O–H groups in total. The fraction of sp³-hybridized carbons (Fsp3) is 0.300. The van der Waals surface area contributed by atoms with Gasteiger partial charge in [-0.2, -0.15) is 0 Å². The van der Waals surface area contributed by atoms with Gasteiger partial charge in [0, 0.05) is 21.8 Å². The Labute approximate surface area is 163 Å². The molecule has 0 aliphatic carbocycles. The van der Waals surface area contributed by atoms with Crippen molar-refractivity contribution < 1.29 is 18.1 Å². The lowest BCUT2D eigenvalue weighted by Gasteiger charge is -2.32. The molecule has 0 radical (unpaired) electrons. The van der Waals surface area contributed by atoms with Crippen LogP contribution in [0.4, 0.5) is 14.5 Å². The summed E-state index contributed by atoms with van der Waals surface area (Å²) < 4.78 is 40.8. The van der Waals surface area contributed by atoms with Crippen LogP contribution >= 0.6 is 11.6 Å². The summed E-state index contributed by atoms with van der Waals surface area (Å²) in [5, 5.41) is 0.403. The van der Waals surface area contributed by atoms with E-state index in [4.69, 9.17) is 26.6 Å². The standard InChI is InChI=1S/C20H21BClF2NO2/c1-19(2)20(3,4)27-21(26-19)18(24)17(12-5-8-14(23)9-6-12)15-11-13(22)7-10-16(15)25/h5-11H,25H2,1-4H3. The van der Waals surface area contributed by atoms with E-state index in [1.807, 2.05) is 27.7 Å². The molecule has 0 bridgehead atoms. The number of halogens is 3. The van der Waals surface area contributed by atoms with E-state index in [0.29, 0.717) is 21.8 Å². The Morgan fingerprint density at radius 2 is 1.56 bits per heavy atom. The van der Waals surface area contributed by atoms with Crippen molar-refractivity contribution in [1.29, 1.82) is 0 Å². The van der Waals surface area contributed by atoms with Crippen molar-refractivity contribution >= 4 is 30.0 Å². The van der Waals surface area contributed by atoms with Gasteiger partial charge in [-0.15, -0.1) is 0 Å². The van der Waals surface area contributed by atoms with E-state index in [-0.39, 0.29) is 5.57 Å². The van der Waals surface area contributed by atoms with Crippen LogP contribution < -0.4 is 5.73 Å². The van der Waals surface area contributed by atoms with Gasteiger partial charge in [-0.05, 0) is 63.6 Å². The SMILES string of the molecule is CC1(C)OB(C(F)=C(c2ccc(F)cc2)c2cc(Cl)ccc2N)OC1(C)C. The van der Waals surface area contributed by atoms with Crippen LogP contribution in [-0.2, 0) is 9.31 Å². The number of nitrogen functional groups attached to an aromatic ring is 1. The molecule has 1 aliphatic heterocycles. The smallest absolute Gasteiger partial charge is 0.398 e. The van der Waals surface area contributed by atoms with E-state index in [9.17, 15) is 4.39 Å². The Hall–Kier alpha value is -1.89. The van der Waals surface area contributed by atoms with E-state index >= 15 is 4.39 Å². The third kappa shape index (κ3) is 3.75. The van der Waals surface area contributed by atoms with Crippen LogP contribution in [0.2, 0.25) is 5.02 Å². The maximum Gasteiger partial charge on any atom is 0.525 e. The Bertz CT molecular complexity index is 881. The van der Waals surface area contributed by atoms with Gasteiger partial charge in [0.05, 0.1) is 11.2 Å². The minimum absolute atomic E-state index is 0.161. The van der Waals surface area contributed by atoms with Crippen LogP contribution in [-0.4, -0.2) is 18.3 Å². The Morgan fingerprint density at radius 3 is 2.11 bits per heavy atom. The van der Waals surface area contributed by atoms with Crippen LogP contribution in [0, 0.1) is 5.82 Å². The normalized spacial score (nSPS) is 19.1. The lowest BCUT2D eigenvalue weighted by atomic mass is 9.80. The monoisotopic (exact) mass is 391 g/mol. The molecule has 7 heteroatoms. The summed E-state index contributed by atoms with van der Waals surface area (Å²) in [4.78, 5) is 0. The van der Waals surface area contributed by atoms with Crippen LogP contribution in [0.3, 0.4) is 0 Å². The van der Waals surface area contributed by atoms with Crippen molar-refractivity contribution in [2.24, 2.45) is 0 Å². The molecule has 1 heterocycles. The van der Waals surface area contributed by atoms with Crippen LogP contribution in [0.5, 0.6) is 0 Å². The van der Waals surface area contributed by atoms with Gasteiger partial charge in [0.15, 0.2) is 0 Å². The molecule has 3 nitrogen and oxygen atoms in total. The molecule has 0 amide bonds. The van der Waals surface area contributed by atoms with Gasteiger partial charge in [-0.3, -0.25) is 0 Å². The van der Waals surface area contributed by atoms with E-state index in [1.54, 1.807) is 18.2 Å². The second-order valence-electron chi connectivity index (χ2n) is 7.55. The van der Waals surface area contributed by atoms with Gasteiger partial charge in [0.2, 0.25) is 0 Å². The second-order valence-corrected chi connectivity index (χ2v) is 7.99. The van der Waals surface area contributed by atoms with Crippen LogP contribution in [0.15, 0.2) is 48.2 Å². The number of anilines is 1. The summed E-state index contributed by atoms with van der Waals surface area (Å²) in [7, 11) is -1.21. The largest absolute Gasteiger partial charge is 0.525 e. The molecule has 0 unspecified atom stereocenters. The number of hydrogen-bond acceptors (Lipinski definition) is 3. The molecule has 27 heavy (non-hydrogen) atoms. The van der Waals surface area contributed by atoms with Crippen molar-refractivity contribution in [3.8, 4) is 0 Å². The fourth-order valence-corrected chi connectivity index (χ4v) is 3.02. The average Bonchev–Trinajstić information content (AvgIpc) is 2.80. The zero-order valence-electron chi connectivity index (χ0n) is 15.6. The van der Waals surface area contributed by atoms with Crippen molar-refractivity contribution in [1.82, 2.24) is 0 Å². The molecule has 1 fully saturated rings. The van der Waals surface area contributed by atoms with E-state index in [0.717, 1.165) is 0 Å². The lowest BCUT2D eigenvalue weighted by Crippen LogP contribution is -2.41. The molecule has 0 saturated carbocycles. The molecule has 3 rings (SSSR count). The summed E-state index contributed by atoms with van der Waals surface area (Å²) in [6.07, 6.45) is 0. The summed E-state index contributed by atoms with van der Waals surface area (Å²) in [5.41, 5.74) is 5.36. The van der Waals surface area contributed by atoms with Gasteiger partial charge in [0.1, 0.15) is 11.5 Å². The number of hydrogen-bond donors (Lipinski definition) is 1. The summed E-state index contributed by atoms with van der Waals surface area (Å²) >= 11 is 6.11. The first-order valence-electron chi connectivity index (χ1n) is 8.58. The van der Waals surface area contributed by atoms with E-state index < -0.39 is 29.9 Å². The van der Waals surface area contributed by atoms with Gasteiger partial charge in [-0.25, -0.2) is 8.78 Å². The Kier molecular flexibility index (Phi) is 5.10. The molecular weight excluding hydrogens is 370 g/mol. The topological polar surface area (TPSA) is 44.5 Å². The first-order valence-corrected chi connectivity index (χ1v) is 8.96. The van der Waals surface area contributed by atoms with Crippen molar-refractivity contribution in [2.45, 2.75) is 38.9 Å². The molecule has 2 aromatic rings. The van der Waals surface area contributed by atoms with E-state index in [2.05, 4.69) is 0 Å². The van der Waals surface area contributed by atoms with Gasteiger partial charge >= 0.3 is 7.12 Å². The van der Waals surface area contributed by atoms with Gasteiger partial charge in [-0.1, -0.05) is 23.7 Å². The summed E-state index contributed by atoms with van der Waals surface area (Å²) in [5.74, 6) is -0.423. The number of rotatable bonds is 3. The average molecular weight is 392 g/mol. The number of benzene rings is 2. The molecule has 1 aliphatic rings. The lowest BCUT2D eigenvalue weighted by molar-refractivity contribution is 0.00578. The minimum Gasteiger partial charge on any atom is -0.398 e. The highest BCUT2D eigenvalue weighted by molar-refractivity contribution is 6.55. The maximum absolute atomic E-state index is 15.7. The van der Waals surface area contributed by atoms with Crippen molar-refractivity contribution in [3.05, 3.63) is 70.2 Å². The third-order valence-electron chi connectivity index (χ3n) is 5.12. The molecule has 142 valence electrons. The summed E-state index contributed by atoms with van der Waals surface area (Å²) in [6.45, 7) is 7.36. The third-order valence-corrected chi connectivity index (χ3v) is 5.35. The first kappa shape index (κ1) is 19.9. The molecule has 0 atom stereocenters. The fourth-order valence-electron chi connectivity index (χ4n) is 2.85. The molecule has 1 saturated heterocycles. The van der Waals surface area contributed by atoms with Crippen LogP contribution in [0.25, 0.3) is 5.57 Å². The maximum atomic E-state index is 15.7. The predicted octanol–water partition coefficient (Wildman–Crippen LogP) is 5.42.